The van der Waals surface area contributed by atoms with Crippen molar-refractivity contribution in [3.63, 3.8) is 0 Å². The van der Waals surface area contributed by atoms with Gasteiger partial charge in [-0.25, -0.2) is 9.59 Å². The van der Waals surface area contributed by atoms with E-state index < -0.39 is 17.7 Å². The molecular weight excluding hydrogens is 298 g/mol. The molecule has 2 aromatic rings. The monoisotopic (exact) mass is 315 g/mol. The highest BCUT2D eigenvalue weighted by Crippen LogP contribution is 2.15. The lowest BCUT2D eigenvalue weighted by Gasteiger charge is -2.20. The summed E-state index contributed by atoms with van der Waals surface area (Å²) in [5.74, 6) is -1.08. The van der Waals surface area contributed by atoms with Gasteiger partial charge in [0.15, 0.2) is 6.10 Å². The molecule has 1 aromatic heterocycles. The minimum Gasteiger partial charge on any atom is -0.449 e. The van der Waals surface area contributed by atoms with Gasteiger partial charge in [-0.05, 0) is 31.9 Å². The maximum atomic E-state index is 12.2. The fourth-order valence-electron chi connectivity index (χ4n) is 2.67. The average molecular weight is 315 g/mol. The van der Waals surface area contributed by atoms with E-state index in [4.69, 9.17) is 9.15 Å². The van der Waals surface area contributed by atoms with Crippen LogP contribution in [0, 0.1) is 0 Å². The number of rotatable bonds is 3. The number of amides is 1. The number of carbonyl (C=O) groups excluding carboxylic acids is 2. The molecule has 0 aliphatic carbocycles. The summed E-state index contributed by atoms with van der Waals surface area (Å²) in [4.78, 5) is 37.9. The predicted molar refractivity (Wildman–Crippen MR) is 83.2 cm³/mol. The number of nitrogens with zero attached hydrogens (tertiary/aromatic N) is 1. The van der Waals surface area contributed by atoms with Gasteiger partial charge in [-0.3, -0.25) is 4.79 Å². The number of para-hydroxylation sites is 1. The van der Waals surface area contributed by atoms with Gasteiger partial charge in [0.25, 0.3) is 5.91 Å². The molecule has 6 heteroatoms. The zero-order chi connectivity index (χ0) is 16.4. The molecule has 1 amide bonds. The van der Waals surface area contributed by atoms with Crippen LogP contribution in [-0.4, -0.2) is 36.0 Å². The Kier molecular flexibility index (Phi) is 4.14. The van der Waals surface area contributed by atoms with Gasteiger partial charge in [-0.2, -0.15) is 0 Å². The Morgan fingerprint density at radius 1 is 1.22 bits per heavy atom. The van der Waals surface area contributed by atoms with Gasteiger partial charge < -0.3 is 14.1 Å². The first-order chi connectivity index (χ1) is 11.1. The van der Waals surface area contributed by atoms with Crippen LogP contribution in [0.5, 0.6) is 0 Å². The lowest BCUT2D eigenvalue weighted by atomic mass is 10.2. The number of hydrogen-bond donors (Lipinski definition) is 0. The summed E-state index contributed by atoms with van der Waals surface area (Å²) in [7, 11) is 0. The van der Waals surface area contributed by atoms with Gasteiger partial charge in [0, 0.05) is 18.5 Å². The topological polar surface area (TPSA) is 76.8 Å². The molecule has 0 unspecified atom stereocenters. The third kappa shape index (κ3) is 3.11. The first-order valence-corrected chi connectivity index (χ1v) is 7.59. The van der Waals surface area contributed by atoms with Crippen LogP contribution in [0.3, 0.4) is 0 Å². The standard InChI is InChI=1S/C17H17NO5/c1-11(15(19)18-8-4-5-9-18)22-16(20)13-10-12-6-2-3-7-14(12)23-17(13)21/h2-3,6-7,10-11H,4-5,8-9H2,1H3/t11-/m0/s1. The molecule has 0 radical (unpaired) electrons. The predicted octanol–water partition coefficient (Wildman–Crippen LogP) is 1.96. The number of hydrogen-bond acceptors (Lipinski definition) is 5. The van der Waals surface area contributed by atoms with Gasteiger partial charge in [-0.15, -0.1) is 0 Å². The fraction of sp³-hybridized carbons (Fsp3) is 0.353. The normalized spacial score (nSPS) is 15.6. The fourth-order valence-corrected chi connectivity index (χ4v) is 2.67. The smallest absolute Gasteiger partial charge is 0.351 e. The van der Waals surface area contributed by atoms with Crippen molar-refractivity contribution < 1.29 is 18.7 Å². The first kappa shape index (κ1) is 15.3. The molecule has 1 fully saturated rings. The molecule has 23 heavy (non-hydrogen) atoms. The van der Waals surface area contributed by atoms with E-state index in [9.17, 15) is 14.4 Å². The van der Waals surface area contributed by atoms with Crippen LogP contribution in [0.4, 0.5) is 0 Å². The molecule has 2 heterocycles. The highest BCUT2D eigenvalue weighted by molar-refractivity contribution is 5.94. The molecular formula is C17H17NO5. The molecule has 6 nitrogen and oxygen atoms in total. The summed E-state index contributed by atoms with van der Waals surface area (Å²) >= 11 is 0. The van der Waals surface area contributed by atoms with E-state index in [1.54, 1.807) is 29.2 Å². The van der Waals surface area contributed by atoms with Gasteiger partial charge in [0.1, 0.15) is 11.1 Å². The van der Waals surface area contributed by atoms with Crippen molar-refractivity contribution in [1.29, 1.82) is 0 Å². The maximum absolute atomic E-state index is 12.2. The number of likely N-dealkylation sites (tertiary alicyclic amines) is 1. The van der Waals surface area contributed by atoms with Crippen LogP contribution in [0.25, 0.3) is 11.0 Å². The van der Waals surface area contributed by atoms with Gasteiger partial charge in [0.2, 0.25) is 0 Å². The molecule has 1 aromatic carbocycles. The second kappa shape index (κ2) is 6.24. The van der Waals surface area contributed by atoms with E-state index in [0.717, 1.165) is 12.8 Å². The van der Waals surface area contributed by atoms with Gasteiger partial charge in [-0.1, -0.05) is 18.2 Å². The molecule has 1 atom stereocenters. The Morgan fingerprint density at radius 3 is 2.65 bits per heavy atom. The largest absolute Gasteiger partial charge is 0.449 e. The van der Waals surface area contributed by atoms with E-state index in [-0.39, 0.29) is 11.5 Å². The van der Waals surface area contributed by atoms with Crippen LogP contribution >= 0.6 is 0 Å². The van der Waals surface area contributed by atoms with Crippen molar-refractivity contribution in [2.45, 2.75) is 25.9 Å². The molecule has 1 saturated heterocycles. The quantitative estimate of drug-likeness (QED) is 0.639. The van der Waals surface area contributed by atoms with E-state index in [0.29, 0.717) is 24.1 Å². The number of fused-ring (bicyclic) bond motifs is 1. The van der Waals surface area contributed by atoms with Crippen molar-refractivity contribution in [3.05, 3.63) is 46.3 Å². The zero-order valence-corrected chi connectivity index (χ0v) is 12.8. The number of carbonyl (C=O) groups is 2. The zero-order valence-electron chi connectivity index (χ0n) is 12.8. The highest BCUT2D eigenvalue weighted by Gasteiger charge is 2.27. The average Bonchev–Trinajstić information content (AvgIpc) is 3.07. The summed E-state index contributed by atoms with van der Waals surface area (Å²) < 4.78 is 10.3. The molecule has 0 spiro atoms. The molecule has 0 N–H and O–H groups in total. The molecule has 1 aliphatic rings. The lowest BCUT2D eigenvalue weighted by Crippen LogP contribution is -2.38. The SMILES string of the molecule is C[C@H](OC(=O)c1cc2ccccc2oc1=O)C(=O)N1CCCC1. The van der Waals surface area contributed by atoms with E-state index in [2.05, 4.69) is 0 Å². The van der Waals surface area contributed by atoms with Crippen LogP contribution < -0.4 is 5.63 Å². The summed E-state index contributed by atoms with van der Waals surface area (Å²) in [5, 5.41) is 0.623. The molecule has 0 bridgehead atoms. The van der Waals surface area contributed by atoms with Gasteiger partial charge in [0.05, 0.1) is 0 Å². The second-order valence-corrected chi connectivity index (χ2v) is 5.57. The third-order valence-corrected chi connectivity index (χ3v) is 3.91. The van der Waals surface area contributed by atoms with E-state index >= 15 is 0 Å². The first-order valence-electron chi connectivity index (χ1n) is 7.59. The Morgan fingerprint density at radius 2 is 1.91 bits per heavy atom. The Hall–Kier alpha value is -2.63. The van der Waals surface area contributed by atoms with Crippen molar-refractivity contribution in [3.8, 4) is 0 Å². The highest BCUT2D eigenvalue weighted by atomic mass is 16.5. The second-order valence-electron chi connectivity index (χ2n) is 5.57. The molecule has 0 saturated carbocycles. The Bertz CT molecular complexity index is 804. The van der Waals surface area contributed by atoms with Crippen molar-refractivity contribution in [2.24, 2.45) is 0 Å². The van der Waals surface area contributed by atoms with E-state index in [1.807, 2.05) is 0 Å². The third-order valence-electron chi connectivity index (χ3n) is 3.91. The molecule has 1 aliphatic heterocycles. The Balaban J connectivity index is 1.78. The summed E-state index contributed by atoms with van der Waals surface area (Å²) in [6, 6.07) is 8.31. The summed E-state index contributed by atoms with van der Waals surface area (Å²) in [6.45, 7) is 2.87. The van der Waals surface area contributed by atoms with Crippen molar-refractivity contribution in [1.82, 2.24) is 4.90 Å². The molecule has 3 rings (SSSR count). The maximum Gasteiger partial charge on any atom is 0.351 e. The summed E-state index contributed by atoms with van der Waals surface area (Å²) in [6.07, 6.45) is 0.993. The number of ether oxygens (including phenoxy) is 1. The van der Waals surface area contributed by atoms with Crippen LogP contribution in [0.15, 0.2) is 39.5 Å². The lowest BCUT2D eigenvalue weighted by molar-refractivity contribution is -0.138. The minimum absolute atomic E-state index is 0.204. The van der Waals surface area contributed by atoms with Crippen molar-refractivity contribution >= 4 is 22.8 Å². The minimum atomic E-state index is -0.925. The summed E-state index contributed by atoms with van der Waals surface area (Å²) in [5.41, 5.74) is -0.575. The number of benzene rings is 1. The number of esters is 1. The van der Waals surface area contributed by atoms with Crippen LogP contribution in [0.1, 0.15) is 30.1 Å². The van der Waals surface area contributed by atoms with Crippen molar-refractivity contribution in [2.75, 3.05) is 13.1 Å². The Labute approximate surface area is 132 Å². The van der Waals surface area contributed by atoms with Gasteiger partial charge >= 0.3 is 11.6 Å². The van der Waals surface area contributed by atoms with Crippen LogP contribution in [-0.2, 0) is 9.53 Å². The molecule has 120 valence electrons. The van der Waals surface area contributed by atoms with E-state index in [1.165, 1.54) is 13.0 Å². The van der Waals surface area contributed by atoms with Crippen LogP contribution in [0.2, 0.25) is 0 Å².